The van der Waals surface area contributed by atoms with Crippen LogP contribution in [-0.4, -0.2) is 34.9 Å². The number of carbonyl (C=O) groups excluding carboxylic acids is 1. The van der Waals surface area contributed by atoms with Gasteiger partial charge in [-0.05, 0) is 17.4 Å². The minimum Gasteiger partial charge on any atom is -0.336 e. The highest BCUT2D eigenvalue weighted by Crippen LogP contribution is 2.26. The third kappa shape index (κ3) is 2.61. The number of thiophene rings is 1. The molecular formula is C12H17NOS2. The van der Waals surface area contributed by atoms with Crippen LogP contribution < -0.4 is 0 Å². The second kappa shape index (κ2) is 5.23. The molecule has 1 saturated heterocycles. The molecule has 0 bridgehead atoms. The van der Waals surface area contributed by atoms with Crippen LogP contribution in [-0.2, 0) is 0 Å². The molecule has 1 amide bonds. The average Bonchev–Trinajstić information content (AvgIpc) is 2.81. The number of carbonyl (C=O) groups is 1. The van der Waals surface area contributed by atoms with Gasteiger partial charge in [-0.25, -0.2) is 0 Å². The van der Waals surface area contributed by atoms with E-state index in [4.69, 9.17) is 0 Å². The first-order valence-corrected chi connectivity index (χ1v) is 7.55. The largest absolute Gasteiger partial charge is 0.336 e. The number of hydrogen-bond donors (Lipinski definition) is 0. The van der Waals surface area contributed by atoms with E-state index in [9.17, 15) is 4.79 Å². The summed E-state index contributed by atoms with van der Waals surface area (Å²) >= 11 is 3.54. The Hall–Kier alpha value is -0.480. The molecule has 16 heavy (non-hydrogen) atoms. The van der Waals surface area contributed by atoms with Crippen molar-refractivity contribution < 1.29 is 4.79 Å². The van der Waals surface area contributed by atoms with E-state index >= 15 is 0 Å². The first kappa shape index (κ1) is 12.0. The standard InChI is InChI=1S/C12H17NOS2/c1-9(2)11-8-13(5-7-16-11)12(14)10-4-3-6-15-10/h3-4,6,9,11H,5,7-8H2,1-2H3. The normalized spacial score (nSPS) is 21.4. The molecule has 4 heteroatoms. The van der Waals surface area contributed by atoms with Gasteiger partial charge in [0.15, 0.2) is 0 Å². The van der Waals surface area contributed by atoms with E-state index in [1.807, 2.05) is 34.2 Å². The maximum absolute atomic E-state index is 12.2. The van der Waals surface area contributed by atoms with E-state index in [1.54, 1.807) is 0 Å². The number of amides is 1. The Balaban J connectivity index is 2.02. The maximum atomic E-state index is 12.2. The Bertz CT molecular complexity index is 348. The summed E-state index contributed by atoms with van der Waals surface area (Å²) in [6, 6.07) is 3.86. The SMILES string of the molecule is CC(C)C1CN(C(=O)c2cccs2)CCS1. The average molecular weight is 255 g/mol. The highest BCUT2D eigenvalue weighted by molar-refractivity contribution is 8.00. The zero-order valence-electron chi connectivity index (χ0n) is 9.68. The molecule has 0 aliphatic carbocycles. The molecule has 1 atom stereocenters. The molecule has 0 aromatic carbocycles. The Morgan fingerprint density at radius 3 is 3.00 bits per heavy atom. The van der Waals surface area contributed by atoms with Gasteiger partial charge in [0.2, 0.25) is 0 Å². The molecule has 1 fully saturated rings. The van der Waals surface area contributed by atoms with Gasteiger partial charge in [-0.15, -0.1) is 11.3 Å². The lowest BCUT2D eigenvalue weighted by Crippen LogP contribution is -2.43. The quantitative estimate of drug-likeness (QED) is 0.810. The van der Waals surface area contributed by atoms with Gasteiger partial charge >= 0.3 is 0 Å². The van der Waals surface area contributed by atoms with Gasteiger partial charge < -0.3 is 4.90 Å². The summed E-state index contributed by atoms with van der Waals surface area (Å²) in [5.74, 6) is 1.92. The maximum Gasteiger partial charge on any atom is 0.263 e. The molecule has 2 heterocycles. The predicted octanol–water partition coefficient (Wildman–Crippen LogP) is 2.96. The van der Waals surface area contributed by atoms with Crippen LogP contribution in [0.5, 0.6) is 0 Å². The van der Waals surface area contributed by atoms with Crippen molar-refractivity contribution >= 4 is 29.0 Å². The van der Waals surface area contributed by atoms with Crippen LogP contribution in [0.3, 0.4) is 0 Å². The Morgan fingerprint density at radius 2 is 2.38 bits per heavy atom. The van der Waals surface area contributed by atoms with Crippen LogP contribution in [0.25, 0.3) is 0 Å². The molecule has 0 radical (unpaired) electrons. The van der Waals surface area contributed by atoms with Crippen molar-refractivity contribution in [3.8, 4) is 0 Å². The lowest BCUT2D eigenvalue weighted by Gasteiger charge is -2.34. The monoisotopic (exact) mass is 255 g/mol. The van der Waals surface area contributed by atoms with Crippen molar-refractivity contribution in [1.82, 2.24) is 4.90 Å². The van der Waals surface area contributed by atoms with Crippen LogP contribution in [0.1, 0.15) is 23.5 Å². The lowest BCUT2D eigenvalue weighted by molar-refractivity contribution is 0.0761. The summed E-state index contributed by atoms with van der Waals surface area (Å²) in [7, 11) is 0. The summed E-state index contributed by atoms with van der Waals surface area (Å²) in [5.41, 5.74) is 0. The highest BCUT2D eigenvalue weighted by Gasteiger charge is 2.26. The molecule has 2 rings (SSSR count). The molecule has 0 spiro atoms. The predicted molar refractivity (Wildman–Crippen MR) is 71.3 cm³/mol. The highest BCUT2D eigenvalue weighted by atomic mass is 32.2. The van der Waals surface area contributed by atoms with Crippen molar-refractivity contribution in [3.63, 3.8) is 0 Å². The van der Waals surface area contributed by atoms with Gasteiger partial charge in [-0.2, -0.15) is 11.8 Å². The first-order valence-electron chi connectivity index (χ1n) is 5.63. The van der Waals surface area contributed by atoms with Crippen LogP contribution in [0, 0.1) is 5.92 Å². The van der Waals surface area contributed by atoms with Gasteiger partial charge in [0.1, 0.15) is 0 Å². The van der Waals surface area contributed by atoms with E-state index < -0.39 is 0 Å². The molecule has 2 nitrogen and oxygen atoms in total. The zero-order valence-corrected chi connectivity index (χ0v) is 11.3. The molecule has 1 aromatic rings. The summed E-state index contributed by atoms with van der Waals surface area (Å²) in [6.07, 6.45) is 0. The van der Waals surface area contributed by atoms with Gasteiger partial charge in [0, 0.05) is 24.1 Å². The van der Waals surface area contributed by atoms with E-state index in [2.05, 4.69) is 13.8 Å². The summed E-state index contributed by atoms with van der Waals surface area (Å²) in [5, 5.41) is 2.56. The summed E-state index contributed by atoms with van der Waals surface area (Å²) < 4.78 is 0. The minimum atomic E-state index is 0.209. The topological polar surface area (TPSA) is 20.3 Å². The molecule has 1 aromatic heterocycles. The minimum absolute atomic E-state index is 0.209. The van der Waals surface area contributed by atoms with Crippen molar-refractivity contribution in [1.29, 1.82) is 0 Å². The van der Waals surface area contributed by atoms with Crippen LogP contribution in [0.4, 0.5) is 0 Å². The lowest BCUT2D eigenvalue weighted by atomic mass is 10.1. The van der Waals surface area contributed by atoms with E-state index in [1.165, 1.54) is 11.3 Å². The Kier molecular flexibility index (Phi) is 3.92. The molecule has 0 saturated carbocycles. The zero-order chi connectivity index (χ0) is 11.5. The second-order valence-corrected chi connectivity index (χ2v) is 6.68. The Morgan fingerprint density at radius 1 is 1.56 bits per heavy atom. The van der Waals surface area contributed by atoms with E-state index in [0.29, 0.717) is 11.2 Å². The molecule has 88 valence electrons. The molecule has 1 aliphatic heterocycles. The number of rotatable bonds is 2. The molecule has 0 N–H and O–H groups in total. The van der Waals surface area contributed by atoms with Crippen molar-refractivity contribution in [3.05, 3.63) is 22.4 Å². The molecule has 1 unspecified atom stereocenters. The fourth-order valence-corrected chi connectivity index (χ4v) is 3.81. The number of nitrogens with zero attached hydrogens (tertiary/aromatic N) is 1. The molecular weight excluding hydrogens is 238 g/mol. The van der Waals surface area contributed by atoms with Gasteiger partial charge in [-0.3, -0.25) is 4.79 Å². The Labute approximate surface area is 105 Å². The third-order valence-electron chi connectivity index (χ3n) is 2.86. The van der Waals surface area contributed by atoms with Gasteiger partial charge in [0.25, 0.3) is 5.91 Å². The van der Waals surface area contributed by atoms with Gasteiger partial charge in [0.05, 0.1) is 4.88 Å². The van der Waals surface area contributed by atoms with Crippen LogP contribution in [0.2, 0.25) is 0 Å². The summed E-state index contributed by atoms with van der Waals surface area (Å²) in [4.78, 5) is 15.0. The van der Waals surface area contributed by atoms with Gasteiger partial charge in [-0.1, -0.05) is 19.9 Å². The summed E-state index contributed by atoms with van der Waals surface area (Å²) in [6.45, 7) is 6.26. The first-order chi connectivity index (χ1) is 7.68. The second-order valence-electron chi connectivity index (χ2n) is 4.38. The fraction of sp³-hybridized carbons (Fsp3) is 0.583. The van der Waals surface area contributed by atoms with Crippen molar-refractivity contribution in [2.45, 2.75) is 19.1 Å². The molecule has 1 aliphatic rings. The number of hydrogen-bond acceptors (Lipinski definition) is 3. The van der Waals surface area contributed by atoms with E-state index in [0.717, 1.165) is 23.7 Å². The van der Waals surface area contributed by atoms with Crippen LogP contribution in [0.15, 0.2) is 17.5 Å². The number of thioether (sulfide) groups is 1. The third-order valence-corrected chi connectivity index (χ3v) is 5.25. The van der Waals surface area contributed by atoms with Crippen molar-refractivity contribution in [2.24, 2.45) is 5.92 Å². The smallest absolute Gasteiger partial charge is 0.263 e. The fourth-order valence-electron chi connectivity index (χ4n) is 1.82. The van der Waals surface area contributed by atoms with E-state index in [-0.39, 0.29) is 5.91 Å². The van der Waals surface area contributed by atoms with Crippen LogP contribution >= 0.6 is 23.1 Å². The van der Waals surface area contributed by atoms with Crippen molar-refractivity contribution in [2.75, 3.05) is 18.8 Å².